The van der Waals surface area contributed by atoms with E-state index in [-0.39, 0.29) is 41.8 Å². The van der Waals surface area contributed by atoms with Crippen LogP contribution in [0.2, 0.25) is 0 Å². The van der Waals surface area contributed by atoms with E-state index in [2.05, 4.69) is 52.1 Å². The van der Waals surface area contributed by atoms with Crippen LogP contribution in [-0.2, 0) is 5.41 Å². The quantitative estimate of drug-likeness (QED) is 0.427. The lowest BCUT2D eigenvalue weighted by Gasteiger charge is -2.54. The molecule has 0 aliphatic heterocycles. The molecule has 36 heavy (non-hydrogen) atoms. The van der Waals surface area contributed by atoms with E-state index in [0.717, 1.165) is 47.3 Å². The molecule has 4 rings (SSSR count). The number of hydrogen-bond donors (Lipinski definition) is 3. The number of ketones is 1. The maximum atomic E-state index is 13.3. The van der Waals surface area contributed by atoms with Crippen LogP contribution in [0.3, 0.4) is 0 Å². The molecule has 3 N–H and O–H groups in total. The normalized spacial score (nSPS) is 24.7. The highest BCUT2D eigenvalue weighted by atomic mass is 16.5. The number of fused-ring (bicyclic) bond motifs is 3. The van der Waals surface area contributed by atoms with Crippen molar-refractivity contribution in [2.75, 3.05) is 19.8 Å². The van der Waals surface area contributed by atoms with Crippen molar-refractivity contribution in [1.29, 1.82) is 0 Å². The van der Waals surface area contributed by atoms with Gasteiger partial charge in [-0.3, -0.25) is 4.79 Å². The number of ether oxygens (including phenoxy) is 1. The average Bonchev–Trinajstić information content (AvgIpc) is 2.84. The van der Waals surface area contributed by atoms with Crippen molar-refractivity contribution in [3.05, 3.63) is 64.7 Å². The Morgan fingerprint density at radius 2 is 1.83 bits per heavy atom. The van der Waals surface area contributed by atoms with Crippen molar-refractivity contribution in [2.24, 2.45) is 11.3 Å². The Hall–Kier alpha value is -2.21. The Bertz CT molecular complexity index is 1060. The number of benzene rings is 2. The number of nitrogens with one attached hydrogen (secondary N) is 1. The topological polar surface area (TPSA) is 78.8 Å². The van der Waals surface area contributed by atoms with Crippen LogP contribution in [0.4, 0.5) is 0 Å². The molecule has 5 heteroatoms. The van der Waals surface area contributed by atoms with Crippen molar-refractivity contribution >= 4 is 5.78 Å². The summed E-state index contributed by atoms with van der Waals surface area (Å²) in [6, 6.07) is 13.7. The Morgan fingerprint density at radius 1 is 1.11 bits per heavy atom. The van der Waals surface area contributed by atoms with E-state index in [9.17, 15) is 15.0 Å². The number of carbonyl (C=O) groups excluding carboxylic acids is 1. The summed E-state index contributed by atoms with van der Waals surface area (Å²) in [5.41, 5.74) is 4.04. The highest BCUT2D eigenvalue weighted by Crippen LogP contribution is 2.57. The Balaban J connectivity index is 1.53. The van der Waals surface area contributed by atoms with Gasteiger partial charge in [0.2, 0.25) is 0 Å². The van der Waals surface area contributed by atoms with Crippen molar-refractivity contribution < 1.29 is 19.7 Å². The van der Waals surface area contributed by atoms with Gasteiger partial charge in [-0.1, -0.05) is 71.4 Å². The molecule has 2 aromatic carbocycles. The second-order valence-electron chi connectivity index (χ2n) is 12.0. The van der Waals surface area contributed by atoms with E-state index in [1.54, 1.807) is 0 Å². The Kier molecular flexibility index (Phi) is 7.94. The molecular formula is C31H43NO4. The zero-order valence-electron chi connectivity index (χ0n) is 22.5. The van der Waals surface area contributed by atoms with Crippen LogP contribution in [-0.4, -0.2) is 41.9 Å². The minimum Gasteiger partial charge on any atom is -0.491 e. The van der Waals surface area contributed by atoms with Crippen LogP contribution in [0.25, 0.3) is 0 Å². The monoisotopic (exact) mass is 493 g/mol. The third-order valence-electron chi connectivity index (χ3n) is 8.72. The SMILES string of the molecule is CC(C)c1cc2c(cc1OCC(O)CN[C@@H](CO)c1ccccc1)[C@@]1(C)CCCC(C)(C)[C@@H]1CC2=O. The molecule has 1 unspecified atom stereocenters. The minimum absolute atomic E-state index is 0.0516. The van der Waals surface area contributed by atoms with Gasteiger partial charge in [0.25, 0.3) is 0 Å². The number of aliphatic hydroxyl groups excluding tert-OH is 2. The molecule has 0 saturated heterocycles. The second kappa shape index (κ2) is 10.6. The van der Waals surface area contributed by atoms with Gasteiger partial charge >= 0.3 is 0 Å². The standard InChI is InChI=1S/C31H43NO4/c1-20(2)23-14-24-25(31(5)13-9-12-30(3,4)29(31)16-27(24)35)15-28(23)36-19-22(34)17-32-26(18-33)21-10-7-6-8-11-21/h6-8,10-11,14-15,20,22,26,29,32-34H,9,12-13,16-19H2,1-5H3/t22?,26-,29-,31+/m0/s1. The zero-order valence-corrected chi connectivity index (χ0v) is 22.5. The van der Waals surface area contributed by atoms with Gasteiger partial charge in [-0.05, 0) is 64.3 Å². The van der Waals surface area contributed by atoms with Gasteiger partial charge in [-0.2, -0.15) is 0 Å². The molecule has 0 spiro atoms. The predicted molar refractivity (Wildman–Crippen MR) is 144 cm³/mol. The maximum absolute atomic E-state index is 13.3. The Morgan fingerprint density at radius 3 is 2.50 bits per heavy atom. The molecule has 0 amide bonds. The zero-order chi connectivity index (χ0) is 26.1. The number of hydrogen-bond acceptors (Lipinski definition) is 5. The third-order valence-corrected chi connectivity index (χ3v) is 8.72. The Labute approximate surface area is 216 Å². The van der Waals surface area contributed by atoms with E-state index in [1.807, 2.05) is 30.3 Å². The van der Waals surface area contributed by atoms with E-state index in [0.29, 0.717) is 18.9 Å². The highest BCUT2D eigenvalue weighted by Gasteiger charge is 2.52. The molecule has 1 fully saturated rings. The second-order valence-corrected chi connectivity index (χ2v) is 12.0. The lowest BCUT2D eigenvalue weighted by molar-refractivity contribution is 0.0366. The van der Waals surface area contributed by atoms with Crippen LogP contribution >= 0.6 is 0 Å². The van der Waals surface area contributed by atoms with Crippen LogP contribution in [0.1, 0.15) is 99.3 Å². The highest BCUT2D eigenvalue weighted by molar-refractivity contribution is 6.00. The van der Waals surface area contributed by atoms with Gasteiger partial charge in [0.05, 0.1) is 12.6 Å². The first-order valence-electron chi connectivity index (χ1n) is 13.5. The molecule has 0 heterocycles. The molecule has 196 valence electrons. The number of aliphatic hydroxyl groups is 2. The molecule has 2 aliphatic carbocycles. The van der Waals surface area contributed by atoms with Gasteiger partial charge in [-0.15, -0.1) is 0 Å². The molecule has 2 aromatic rings. The fourth-order valence-electron chi connectivity index (χ4n) is 6.61. The van der Waals surface area contributed by atoms with Crippen molar-refractivity contribution in [3.63, 3.8) is 0 Å². The molecule has 2 aliphatic rings. The fourth-order valence-corrected chi connectivity index (χ4v) is 6.61. The summed E-state index contributed by atoms with van der Waals surface area (Å²) in [7, 11) is 0. The van der Waals surface area contributed by atoms with Crippen molar-refractivity contribution in [3.8, 4) is 5.75 Å². The largest absolute Gasteiger partial charge is 0.491 e. The number of rotatable bonds is 9. The summed E-state index contributed by atoms with van der Waals surface area (Å²) >= 11 is 0. The van der Waals surface area contributed by atoms with E-state index >= 15 is 0 Å². The summed E-state index contributed by atoms with van der Waals surface area (Å²) in [6.45, 7) is 11.6. The first-order chi connectivity index (χ1) is 17.1. The molecule has 5 nitrogen and oxygen atoms in total. The van der Waals surface area contributed by atoms with E-state index in [4.69, 9.17) is 4.74 Å². The molecular weight excluding hydrogens is 450 g/mol. The van der Waals surface area contributed by atoms with Crippen LogP contribution in [0.5, 0.6) is 5.75 Å². The lowest BCUT2D eigenvalue weighted by Crippen LogP contribution is -2.49. The van der Waals surface area contributed by atoms with Gasteiger partial charge < -0.3 is 20.3 Å². The maximum Gasteiger partial charge on any atom is 0.163 e. The summed E-state index contributed by atoms with van der Waals surface area (Å²) in [4.78, 5) is 13.3. The van der Waals surface area contributed by atoms with Gasteiger partial charge in [0.1, 0.15) is 18.5 Å². The fraction of sp³-hybridized carbons (Fsp3) is 0.581. The van der Waals surface area contributed by atoms with Crippen molar-refractivity contribution in [1.82, 2.24) is 5.32 Å². The number of Topliss-reactive ketones (excluding diaryl/α,β-unsaturated/α-hetero) is 1. The molecule has 1 saturated carbocycles. The van der Waals surface area contributed by atoms with Crippen LogP contribution in [0, 0.1) is 11.3 Å². The minimum atomic E-state index is -0.739. The third kappa shape index (κ3) is 5.25. The van der Waals surface area contributed by atoms with E-state index < -0.39 is 6.10 Å². The first-order valence-corrected chi connectivity index (χ1v) is 13.5. The molecule has 4 atom stereocenters. The lowest BCUT2D eigenvalue weighted by atomic mass is 9.50. The van der Waals surface area contributed by atoms with Crippen LogP contribution < -0.4 is 10.1 Å². The van der Waals surface area contributed by atoms with E-state index in [1.165, 1.54) is 0 Å². The van der Waals surface area contributed by atoms with Gasteiger partial charge in [-0.25, -0.2) is 0 Å². The summed E-state index contributed by atoms with van der Waals surface area (Å²) in [5.74, 6) is 1.52. The average molecular weight is 494 g/mol. The first kappa shape index (κ1) is 26.8. The van der Waals surface area contributed by atoms with Gasteiger partial charge in [0.15, 0.2) is 5.78 Å². The van der Waals surface area contributed by atoms with Gasteiger partial charge in [0, 0.05) is 18.5 Å². The summed E-state index contributed by atoms with van der Waals surface area (Å²) in [5, 5.41) is 23.7. The molecule has 0 bridgehead atoms. The molecule has 0 aromatic heterocycles. The van der Waals surface area contributed by atoms with Crippen LogP contribution in [0.15, 0.2) is 42.5 Å². The number of carbonyl (C=O) groups is 1. The molecule has 0 radical (unpaired) electrons. The summed E-state index contributed by atoms with van der Waals surface area (Å²) < 4.78 is 6.25. The predicted octanol–water partition coefficient (Wildman–Crippen LogP) is 5.54. The van der Waals surface area contributed by atoms with Crippen molar-refractivity contribution in [2.45, 2.75) is 83.8 Å². The smallest absolute Gasteiger partial charge is 0.163 e. The summed E-state index contributed by atoms with van der Waals surface area (Å²) in [6.07, 6.45) is 3.27.